The lowest BCUT2D eigenvalue weighted by Crippen LogP contribution is -2.18. The van der Waals surface area contributed by atoms with Crippen LogP contribution in [-0.2, 0) is 6.54 Å². The molecular formula is C16H20N2O. The number of hydrogen-bond donors (Lipinski definition) is 1. The summed E-state index contributed by atoms with van der Waals surface area (Å²) in [5.41, 5.74) is 2.31. The van der Waals surface area contributed by atoms with Crippen molar-refractivity contribution in [1.82, 2.24) is 10.3 Å². The molecule has 100 valence electrons. The smallest absolute Gasteiger partial charge is 0.119 e. The van der Waals surface area contributed by atoms with Gasteiger partial charge >= 0.3 is 0 Å². The van der Waals surface area contributed by atoms with E-state index in [4.69, 9.17) is 4.74 Å². The van der Waals surface area contributed by atoms with Crippen molar-refractivity contribution >= 4 is 0 Å². The Morgan fingerprint density at radius 1 is 1.16 bits per heavy atom. The van der Waals surface area contributed by atoms with Gasteiger partial charge in [-0.25, -0.2) is 0 Å². The fourth-order valence-electron chi connectivity index (χ4n) is 1.88. The summed E-state index contributed by atoms with van der Waals surface area (Å²) in [6.07, 6.45) is 1.82. The van der Waals surface area contributed by atoms with E-state index in [1.807, 2.05) is 43.5 Å². The number of pyridine rings is 1. The van der Waals surface area contributed by atoms with Gasteiger partial charge in [-0.15, -0.1) is 0 Å². The minimum Gasteiger partial charge on any atom is -0.494 e. The third kappa shape index (κ3) is 4.07. The van der Waals surface area contributed by atoms with Crippen LogP contribution in [0.15, 0.2) is 48.7 Å². The van der Waals surface area contributed by atoms with E-state index >= 15 is 0 Å². The SMILES string of the molecule is CCOc1ccc(CN[C@H](C)c2ccccn2)cc1. The number of hydrogen-bond acceptors (Lipinski definition) is 3. The molecule has 0 saturated carbocycles. The molecule has 0 amide bonds. The third-order valence-electron chi connectivity index (χ3n) is 2.98. The maximum atomic E-state index is 5.43. The van der Waals surface area contributed by atoms with Crippen molar-refractivity contribution in [2.75, 3.05) is 6.61 Å². The Kier molecular flexibility index (Phi) is 4.93. The zero-order chi connectivity index (χ0) is 13.5. The molecule has 3 heteroatoms. The van der Waals surface area contributed by atoms with Crippen LogP contribution < -0.4 is 10.1 Å². The normalized spacial score (nSPS) is 12.1. The fourth-order valence-corrected chi connectivity index (χ4v) is 1.88. The standard InChI is InChI=1S/C16H20N2O/c1-3-19-15-9-7-14(8-10-15)12-18-13(2)16-6-4-5-11-17-16/h4-11,13,18H,3,12H2,1-2H3/t13-/m1/s1. The van der Waals surface area contributed by atoms with Crippen molar-refractivity contribution in [1.29, 1.82) is 0 Å². The van der Waals surface area contributed by atoms with Gasteiger partial charge in [-0.2, -0.15) is 0 Å². The van der Waals surface area contributed by atoms with Crippen LogP contribution in [0.2, 0.25) is 0 Å². The molecule has 2 rings (SSSR count). The molecule has 1 aromatic carbocycles. The Morgan fingerprint density at radius 2 is 1.95 bits per heavy atom. The Balaban J connectivity index is 1.88. The Bertz CT molecular complexity index is 482. The van der Waals surface area contributed by atoms with Gasteiger partial charge in [0.25, 0.3) is 0 Å². The minimum atomic E-state index is 0.243. The van der Waals surface area contributed by atoms with Crippen LogP contribution in [0.5, 0.6) is 5.75 Å². The van der Waals surface area contributed by atoms with E-state index in [2.05, 4.69) is 29.4 Å². The molecule has 1 N–H and O–H groups in total. The predicted octanol–water partition coefficient (Wildman–Crippen LogP) is 3.33. The largest absolute Gasteiger partial charge is 0.494 e. The average molecular weight is 256 g/mol. The molecule has 0 aliphatic heterocycles. The monoisotopic (exact) mass is 256 g/mol. The topological polar surface area (TPSA) is 34.1 Å². The second-order valence-corrected chi connectivity index (χ2v) is 4.43. The van der Waals surface area contributed by atoms with Gasteiger partial charge in [0.15, 0.2) is 0 Å². The van der Waals surface area contributed by atoms with Crippen LogP contribution in [0.1, 0.15) is 31.1 Å². The summed E-state index contributed by atoms with van der Waals surface area (Å²) in [7, 11) is 0. The van der Waals surface area contributed by atoms with Crippen molar-refractivity contribution in [3.05, 3.63) is 59.9 Å². The van der Waals surface area contributed by atoms with Crippen molar-refractivity contribution in [2.45, 2.75) is 26.4 Å². The van der Waals surface area contributed by atoms with E-state index in [0.717, 1.165) is 18.0 Å². The van der Waals surface area contributed by atoms with Crippen LogP contribution >= 0.6 is 0 Å². The summed E-state index contributed by atoms with van der Waals surface area (Å²) < 4.78 is 5.43. The quantitative estimate of drug-likeness (QED) is 0.860. The number of benzene rings is 1. The number of nitrogens with zero attached hydrogens (tertiary/aromatic N) is 1. The zero-order valence-corrected chi connectivity index (χ0v) is 11.5. The van der Waals surface area contributed by atoms with Crippen LogP contribution in [0.3, 0.4) is 0 Å². The first-order chi connectivity index (χ1) is 9.29. The summed E-state index contributed by atoms with van der Waals surface area (Å²) in [5, 5.41) is 3.46. The molecule has 0 spiro atoms. The molecule has 0 radical (unpaired) electrons. The molecule has 1 heterocycles. The zero-order valence-electron chi connectivity index (χ0n) is 11.5. The predicted molar refractivity (Wildman–Crippen MR) is 77.1 cm³/mol. The second-order valence-electron chi connectivity index (χ2n) is 4.43. The van der Waals surface area contributed by atoms with Gasteiger partial charge < -0.3 is 10.1 Å². The molecule has 0 saturated heterocycles. The Labute approximate surface area is 114 Å². The van der Waals surface area contributed by atoms with E-state index in [-0.39, 0.29) is 6.04 Å². The molecule has 19 heavy (non-hydrogen) atoms. The van der Waals surface area contributed by atoms with Crippen molar-refractivity contribution in [3.8, 4) is 5.75 Å². The van der Waals surface area contributed by atoms with Gasteiger partial charge in [0, 0.05) is 18.8 Å². The lowest BCUT2D eigenvalue weighted by Gasteiger charge is -2.13. The number of rotatable bonds is 6. The maximum absolute atomic E-state index is 5.43. The first-order valence-electron chi connectivity index (χ1n) is 6.65. The lowest BCUT2D eigenvalue weighted by molar-refractivity contribution is 0.340. The first kappa shape index (κ1) is 13.6. The summed E-state index contributed by atoms with van der Waals surface area (Å²) in [6.45, 7) is 5.64. The van der Waals surface area contributed by atoms with E-state index in [9.17, 15) is 0 Å². The van der Waals surface area contributed by atoms with Gasteiger partial charge in [-0.05, 0) is 43.7 Å². The summed E-state index contributed by atoms with van der Waals surface area (Å²) in [5.74, 6) is 0.920. The first-order valence-corrected chi connectivity index (χ1v) is 6.65. The molecule has 0 aliphatic carbocycles. The summed E-state index contributed by atoms with van der Waals surface area (Å²) in [6, 6.07) is 14.4. The summed E-state index contributed by atoms with van der Waals surface area (Å²) >= 11 is 0. The lowest BCUT2D eigenvalue weighted by atomic mass is 10.1. The molecule has 0 aliphatic rings. The Morgan fingerprint density at radius 3 is 2.58 bits per heavy atom. The van der Waals surface area contributed by atoms with Crippen LogP contribution in [-0.4, -0.2) is 11.6 Å². The second kappa shape index (κ2) is 6.90. The molecule has 1 aromatic heterocycles. The van der Waals surface area contributed by atoms with Crippen molar-refractivity contribution in [2.24, 2.45) is 0 Å². The van der Waals surface area contributed by atoms with Gasteiger partial charge in [0.1, 0.15) is 5.75 Å². The maximum Gasteiger partial charge on any atom is 0.119 e. The van der Waals surface area contributed by atoms with Gasteiger partial charge in [-0.3, -0.25) is 4.98 Å². The van der Waals surface area contributed by atoms with Crippen LogP contribution in [0.25, 0.3) is 0 Å². The van der Waals surface area contributed by atoms with E-state index < -0.39 is 0 Å². The average Bonchev–Trinajstić information content (AvgIpc) is 2.47. The summed E-state index contributed by atoms with van der Waals surface area (Å²) in [4.78, 5) is 4.35. The molecule has 0 bridgehead atoms. The van der Waals surface area contributed by atoms with Gasteiger partial charge in [-0.1, -0.05) is 18.2 Å². The fraction of sp³-hybridized carbons (Fsp3) is 0.312. The highest BCUT2D eigenvalue weighted by Crippen LogP contribution is 2.13. The van der Waals surface area contributed by atoms with E-state index in [1.54, 1.807) is 0 Å². The molecule has 0 fully saturated rings. The van der Waals surface area contributed by atoms with Crippen molar-refractivity contribution < 1.29 is 4.74 Å². The molecule has 0 unspecified atom stereocenters. The molecule has 2 aromatic rings. The van der Waals surface area contributed by atoms with Gasteiger partial charge in [0.05, 0.1) is 12.3 Å². The highest BCUT2D eigenvalue weighted by Gasteiger charge is 2.05. The van der Waals surface area contributed by atoms with E-state index in [0.29, 0.717) is 6.61 Å². The van der Waals surface area contributed by atoms with Gasteiger partial charge in [0.2, 0.25) is 0 Å². The minimum absolute atomic E-state index is 0.243. The molecule has 1 atom stereocenters. The van der Waals surface area contributed by atoms with Crippen LogP contribution in [0.4, 0.5) is 0 Å². The third-order valence-corrected chi connectivity index (χ3v) is 2.98. The van der Waals surface area contributed by atoms with Crippen LogP contribution in [0, 0.1) is 0 Å². The highest BCUT2D eigenvalue weighted by molar-refractivity contribution is 5.27. The number of ether oxygens (including phenoxy) is 1. The van der Waals surface area contributed by atoms with E-state index in [1.165, 1.54) is 5.56 Å². The molecule has 3 nitrogen and oxygen atoms in total. The molecular weight excluding hydrogens is 236 g/mol. The highest BCUT2D eigenvalue weighted by atomic mass is 16.5. The number of nitrogens with one attached hydrogen (secondary N) is 1. The van der Waals surface area contributed by atoms with Crippen molar-refractivity contribution in [3.63, 3.8) is 0 Å². The number of aromatic nitrogens is 1. The Hall–Kier alpha value is -1.87.